The van der Waals surface area contributed by atoms with Crippen LogP contribution in [-0.4, -0.2) is 11.8 Å². The van der Waals surface area contributed by atoms with Gasteiger partial charge in [-0.3, -0.25) is 9.59 Å². The third kappa shape index (κ3) is 4.10. The van der Waals surface area contributed by atoms with Crippen LogP contribution in [0.5, 0.6) is 0 Å². The van der Waals surface area contributed by atoms with Crippen molar-refractivity contribution in [3.63, 3.8) is 0 Å². The van der Waals surface area contributed by atoms with Crippen LogP contribution in [-0.2, 0) is 0 Å². The van der Waals surface area contributed by atoms with E-state index in [1.165, 1.54) is 11.3 Å². The largest absolute Gasteiger partial charge is 0.366 e. The Morgan fingerprint density at radius 1 is 0.724 bits per heavy atom. The summed E-state index contributed by atoms with van der Waals surface area (Å²) < 4.78 is 0. The zero-order valence-corrected chi connectivity index (χ0v) is 16.3. The first-order valence-corrected chi connectivity index (χ1v) is 9.89. The summed E-state index contributed by atoms with van der Waals surface area (Å²) in [5, 5.41) is 3.29. The van der Waals surface area contributed by atoms with E-state index >= 15 is 0 Å². The van der Waals surface area contributed by atoms with Crippen LogP contribution in [0, 0.1) is 0 Å². The summed E-state index contributed by atoms with van der Waals surface area (Å²) in [6, 6.07) is 28.7. The highest BCUT2D eigenvalue weighted by Gasteiger charge is 2.17. The number of nitrogens with two attached hydrogens (primary N) is 1. The van der Waals surface area contributed by atoms with Crippen molar-refractivity contribution in [3.8, 4) is 21.6 Å². The summed E-state index contributed by atoms with van der Waals surface area (Å²) in [5.74, 6) is -0.855. The van der Waals surface area contributed by atoms with Crippen molar-refractivity contribution in [3.05, 3.63) is 102 Å². The fraction of sp³-hybridized carbons (Fsp3) is 0. The maximum atomic E-state index is 12.7. The first kappa shape index (κ1) is 18.7. The van der Waals surface area contributed by atoms with E-state index in [2.05, 4.69) is 5.32 Å². The Morgan fingerprint density at radius 2 is 1.28 bits per heavy atom. The van der Waals surface area contributed by atoms with Gasteiger partial charge in [-0.1, -0.05) is 72.8 Å². The van der Waals surface area contributed by atoms with E-state index in [-0.39, 0.29) is 5.91 Å². The van der Waals surface area contributed by atoms with Gasteiger partial charge in [-0.25, -0.2) is 0 Å². The highest BCUT2D eigenvalue weighted by Crippen LogP contribution is 2.35. The Kier molecular flexibility index (Phi) is 5.22. The number of benzene rings is 3. The van der Waals surface area contributed by atoms with Gasteiger partial charge in [-0.15, -0.1) is 11.3 Å². The van der Waals surface area contributed by atoms with Gasteiger partial charge in [0.25, 0.3) is 11.8 Å². The summed E-state index contributed by atoms with van der Waals surface area (Å²) in [5.41, 5.74) is 9.42. The average Bonchev–Trinajstić information content (AvgIpc) is 3.19. The van der Waals surface area contributed by atoms with Gasteiger partial charge >= 0.3 is 0 Å². The smallest absolute Gasteiger partial charge is 0.256 e. The van der Waals surface area contributed by atoms with E-state index in [0.717, 1.165) is 21.6 Å². The second-order valence-electron chi connectivity index (χ2n) is 6.48. The Bertz CT molecular complexity index is 1150. The number of thiophene rings is 1. The lowest BCUT2D eigenvalue weighted by Crippen LogP contribution is -2.16. The molecule has 29 heavy (non-hydrogen) atoms. The minimum Gasteiger partial charge on any atom is -0.366 e. The first-order chi connectivity index (χ1) is 14.1. The topological polar surface area (TPSA) is 72.2 Å². The molecule has 3 aromatic carbocycles. The molecule has 0 fully saturated rings. The number of nitrogens with one attached hydrogen (secondary N) is 1. The van der Waals surface area contributed by atoms with Crippen molar-refractivity contribution >= 4 is 28.2 Å². The summed E-state index contributed by atoms with van der Waals surface area (Å²) in [6.07, 6.45) is 0. The minimum atomic E-state index is -0.571. The first-order valence-electron chi connectivity index (χ1n) is 9.08. The highest BCUT2D eigenvalue weighted by atomic mass is 32.1. The van der Waals surface area contributed by atoms with Crippen molar-refractivity contribution in [2.45, 2.75) is 0 Å². The Morgan fingerprint density at radius 3 is 1.86 bits per heavy atom. The second kappa shape index (κ2) is 8.12. The Hall–Kier alpha value is -3.70. The quantitative estimate of drug-likeness (QED) is 0.470. The summed E-state index contributed by atoms with van der Waals surface area (Å²) in [6.45, 7) is 0. The van der Waals surface area contributed by atoms with E-state index < -0.39 is 5.91 Å². The molecular weight excluding hydrogens is 380 g/mol. The lowest BCUT2D eigenvalue weighted by atomic mass is 10.0. The summed E-state index contributed by atoms with van der Waals surface area (Å²) in [4.78, 5) is 25.5. The molecule has 0 aliphatic carbocycles. The molecule has 0 aliphatic heterocycles. The number of carbonyl (C=O) groups excluding carboxylic acids is 2. The van der Waals surface area contributed by atoms with Crippen molar-refractivity contribution in [1.82, 2.24) is 0 Å². The molecule has 0 radical (unpaired) electrons. The van der Waals surface area contributed by atoms with Crippen LogP contribution < -0.4 is 11.1 Å². The van der Waals surface area contributed by atoms with Crippen molar-refractivity contribution in [2.24, 2.45) is 5.73 Å². The zero-order chi connectivity index (χ0) is 20.2. The molecule has 4 aromatic rings. The number of hydrogen-bond acceptors (Lipinski definition) is 3. The van der Waals surface area contributed by atoms with Gasteiger partial charge in [0.05, 0.1) is 5.56 Å². The van der Waals surface area contributed by atoms with Gasteiger partial charge in [0.1, 0.15) is 5.00 Å². The Labute approximate surface area is 172 Å². The third-order valence-corrected chi connectivity index (χ3v) is 5.64. The van der Waals surface area contributed by atoms with Gasteiger partial charge in [-0.05, 0) is 34.9 Å². The molecule has 1 heterocycles. The number of hydrogen-bond donors (Lipinski definition) is 2. The van der Waals surface area contributed by atoms with Gasteiger partial charge in [0.2, 0.25) is 0 Å². The summed E-state index contributed by atoms with van der Waals surface area (Å²) in [7, 11) is 0. The van der Waals surface area contributed by atoms with Crippen LogP contribution in [0.15, 0.2) is 91.0 Å². The molecule has 0 spiro atoms. The van der Waals surface area contributed by atoms with E-state index in [1.807, 2.05) is 72.8 Å². The Balaban J connectivity index is 1.58. The maximum absolute atomic E-state index is 12.7. The van der Waals surface area contributed by atoms with Crippen LogP contribution in [0.2, 0.25) is 0 Å². The zero-order valence-electron chi connectivity index (χ0n) is 15.5. The molecule has 3 N–H and O–H groups in total. The second-order valence-corrected chi connectivity index (χ2v) is 7.53. The molecule has 1 aromatic heterocycles. The third-order valence-electron chi connectivity index (χ3n) is 4.54. The number of rotatable bonds is 5. The molecule has 2 amide bonds. The predicted molar refractivity (Wildman–Crippen MR) is 118 cm³/mol. The van der Waals surface area contributed by atoms with Gasteiger partial charge < -0.3 is 11.1 Å². The predicted octanol–water partition coefficient (Wildman–Crippen LogP) is 5.43. The molecule has 0 bridgehead atoms. The highest BCUT2D eigenvalue weighted by molar-refractivity contribution is 7.20. The molecule has 0 unspecified atom stereocenters. The molecule has 4 nitrogen and oxygen atoms in total. The average molecular weight is 398 g/mol. The molecule has 0 atom stereocenters. The molecule has 142 valence electrons. The summed E-state index contributed by atoms with van der Waals surface area (Å²) >= 11 is 1.33. The van der Waals surface area contributed by atoms with Gasteiger partial charge in [-0.2, -0.15) is 0 Å². The van der Waals surface area contributed by atoms with Crippen molar-refractivity contribution in [1.29, 1.82) is 0 Å². The van der Waals surface area contributed by atoms with E-state index in [0.29, 0.717) is 16.1 Å². The molecular formula is C24H18N2O2S. The van der Waals surface area contributed by atoms with E-state index in [9.17, 15) is 9.59 Å². The lowest BCUT2D eigenvalue weighted by Gasteiger charge is -2.06. The maximum Gasteiger partial charge on any atom is 0.256 e. The monoisotopic (exact) mass is 398 g/mol. The van der Waals surface area contributed by atoms with Crippen molar-refractivity contribution in [2.75, 3.05) is 5.32 Å². The molecule has 0 saturated heterocycles. The van der Waals surface area contributed by atoms with Crippen LogP contribution in [0.4, 0.5) is 5.00 Å². The SMILES string of the molecule is NC(=O)c1cc(-c2ccccc2)sc1NC(=O)c1ccc(-c2ccccc2)cc1. The van der Waals surface area contributed by atoms with E-state index in [1.54, 1.807) is 18.2 Å². The molecule has 4 rings (SSSR count). The van der Waals surface area contributed by atoms with E-state index in [4.69, 9.17) is 5.73 Å². The fourth-order valence-electron chi connectivity index (χ4n) is 3.03. The standard InChI is InChI=1S/C24H18N2O2S/c25-22(27)20-15-21(18-9-5-2-6-10-18)29-24(20)26-23(28)19-13-11-17(12-14-19)16-7-3-1-4-8-16/h1-15H,(H2,25,27)(H,26,28). The number of carbonyl (C=O) groups is 2. The van der Waals surface area contributed by atoms with Gasteiger partial charge in [0.15, 0.2) is 0 Å². The molecule has 0 aliphatic rings. The normalized spacial score (nSPS) is 10.5. The number of primary amides is 1. The number of anilines is 1. The van der Waals surface area contributed by atoms with Gasteiger partial charge in [0, 0.05) is 10.4 Å². The van der Waals surface area contributed by atoms with Crippen LogP contribution in [0.25, 0.3) is 21.6 Å². The van der Waals surface area contributed by atoms with Crippen molar-refractivity contribution < 1.29 is 9.59 Å². The fourth-order valence-corrected chi connectivity index (χ4v) is 4.10. The molecule has 0 saturated carbocycles. The number of amides is 2. The molecule has 5 heteroatoms. The van der Waals surface area contributed by atoms with Crippen LogP contribution >= 0.6 is 11.3 Å². The van der Waals surface area contributed by atoms with Crippen LogP contribution in [0.1, 0.15) is 20.7 Å². The van der Waals surface area contributed by atoms with Crippen LogP contribution in [0.3, 0.4) is 0 Å². The lowest BCUT2D eigenvalue weighted by molar-refractivity contribution is 0.100. The minimum absolute atomic E-state index is 0.284.